The topological polar surface area (TPSA) is 48.0 Å². The molecule has 7 rings (SSSR count). The molecular weight excluding hydrogens is 450 g/mol. The van der Waals surface area contributed by atoms with E-state index >= 15 is 0 Å². The molecule has 0 radical (unpaired) electrons. The van der Waals surface area contributed by atoms with E-state index in [-0.39, 0.29) is 11.5 Å². The first-order valence-electron chi connectivity index (χ1n) is 13.8. The zero-order chi connectivity index (χ0) is 24.9. The lowest BCUT2D eigenvalue weighted by atomic mass is 9.49. The summed E-state index contributed by atoms with van der Waals surface area (Å²) < 4.78 is 17.6. The number of amides is 1. The molecule has 1 amide bonds. The lowest BCUT2D eigenvalue weighted by Crippen LogP contribution is -2.56. The number of fused-ring (bicyclic) bond motifs is 1. The molecule has 2 aromatic carbocycles. The van der Waals surface area contributed by atoms with Crippen molar-refractivity contribution in [2.75, 3.05) is 27.4 Å². The summed E-state index contributed by atoms with van der Waals surface area (Å²) in [7, 11) is 3.35. The maximum atomic E-state index is 14.5. The number of carbonyl (C=O) groups is 1. The van der Waals surface area contributed by atoms with Gasteiger partial charge in [0.15, 0.2) is 11.5 Å². The van der Waals surface area contributed by atoms with Crippen molar-refractivity contribution >= 4 is 5.91 Å². The fourth-order valence-corrected chi connectivity index (χ4v) is 8.12. The molecule has 0 saturated heterocycles. The average molecular weight is 490 g/mol. The van der Waals surface area contributed by atoms with Crippen molar-refractivity contribution in [3.8, 4) is 17.2 Å². The van der Waals surface area contributed by atoms with Gasteiger partial charge in [0.05, 0.1) is 25.7 Å². The summed E-state index contributed by atoms with van der Waals surface area (Å²) in [6.07, 6.45) is 9.10. The lowest BCUT2D eigenvalue weighted by molar-refractivity contribution is -0.161. The summed E-state index contributed by atoms with van der Waals surface area (Å²) in [6.45, 7) is 3.32. The Morgan fingerprint density at radius 1 is 0.944 bits per heavy atom. The molecule has 5 aliphatic rings. The van der Waals surface area contributed by atoms with Gasteiger partial charge in [-0.2, -0.15) is 0 Å². The molecule has 36 heavy (non-hydrogen) atoms. The van der Waals surface area contributed by atoms with E-state index in [1.54, 1.807) is 14.2 Å². The van der Waals surface area contributed by atoms with Gasteiger partial charge in [0.1, 0.15) is 12.4 Å². The molecule has 192 valence electrons. The van der Waals surface area contributed by atoms with E-state index in [1.807, 2.05) is 12.1 Å². The number of benzene rings is 2. The quantitative estimate of drug-likeness (QED) is 0.480. The van der Waals surface area contributed by atoms with E-state index in [9.17, 15) is 4.79 Å². The van der Waals surface area contributed by atoms with E-state index in [2.05, 4.69) is 36.1 Å². The molecule has 4 aliphatic carbocycles. The van der Waals surface area contributed by atoms with Crippen LogP contribution in [0.2, 0.25) is 0 Å². The summed E-state index contributed by atoms with van der Waals surface area (Å²) in [5.41, 5.74) is 3.48. The Bertz CT molecular complexity index is 1090. The van der Waals surface area contributed by atoms with Gasteiger partial charge in [0.2, 0.25) is 5.91 Å². The number of carbonyl (C=O) groups excluding carboxylic acids is 1. The van der Waals surface area contributed by atoms with Crippen molar-refractivity contribution in [2.45, 2.75) is 64.3 Å². The van der Waals surface area contributed by atoms with Crippen LogP contribution in [0.5, 0.6) is 17.2 Å². The fraction of sp³-hybridized carbons (Fsp3) is 0.581. The van der Waals surface area contributed by atoms with Crippen LogP contribution in [0.15, 0.2) is 36.4 Å². The summed E-state index contributed by atoms with van der Waals surface area (Å²) in [5, 5.41) is 0. The number of hydrogen-bond acceptors (Lipinski definition) is 4. The third-order valence-electron chi connectivity index (χ3n) is 9.49. The molecule has 1 unspecified atom stereocenters. The second kappa shape index (κ2) is 9.32. The summed E-state index contributed by atoms with van der Waals surface area (Å²) >= 11 is 0. The number of ether oxygens (including phenoxy) is 3. The van der Waals surface area contributed by atoms with Crippen LogP contribution in [0.1, 0.15) is 68.2 Å². The van der Waals surface area contributed by atoms with Crippen LogP contribution in [0.3, 0.4) is 0 Å². The highest BCUT2D eigenvalue weighted by atomic mass is 16.5. The van der Waals surface area contributed by atoms with Crippen molar-refractivity contribution in [3.05, 3.63) is 53.1 Å². The highest BCUT2D eigenvalue weighted by Crippen LogP contribution is 2.61. The highest BCUT2D eigenvalue weighted by molar-refractivity contribution is 5.84. The third-order valence-corrected chi connectivity index (χ3v) is 9.49. The standard InChI is InChI=1S/C31H39NO4/c1-4-20-5-7-25(8-6-20)36-19-27-26-15-29(35-3)28(34-2)14-24(26)9-10-32(27)30(33)31-16-21-11-22(17-31)13-23(12-21)18-31/h5-8,14-15,21-23,27H,4,9-13,16-19H2,1-3H3. The molecule has 1 aliphatic heterocycles. The predicted molar refractivity (Wildman–Crippen MR) is 140 cm³/mol. The van der Waals surface area contributed by atoms with Crippen LogP contribution in [0, 0.1) is 23.2 Å². The maximum absolute atomic E-state index is 14.5. The molecule has 0 aromatic heterocycles. The number of aryl methyl sites for hydroxylation is 1. The van der Waals surface area contributed by atoms with Gasteiger partial charge in [-0.25, -0.2) is 0 Å². The summed E-state index contributed by atoms with van der Waals surface area (Å²) in [5.74, 6) is 4.90. The molecule has 5 heteroatoms. The molecular formula is C31H39NO4. The fourth-order valence-electron chi connectivity index (χ4n) is 8.12. The Labute approximate surface area is 215 Å². The van der Waals surface area contributed by atoms with Gasteiger partial charge in [-0.1, -0.05) is 19.1 Å². The first-order chi connectivity index (χ1) is 17.5. The van der Waals surface area contributed by atoms with E-state index in [1.165, 1.54) is 30.4 Å². The Hall–Kier alpha value is -2.69. The number of rotatable bonds is 7. The largest absolute Gasteiger partial charge is 0.493 e. The van der Waals surface area contributed by atoms with Gasteiger partial charge in [-0.05, 0) is 110 Å². The molecule has 0 N–H and O–H groups in total. The molecule has 1 atom stereocenters. The van der Waals surface area contributed by atoms with Crippen LogP contribution in [0.4, 0.5) is 0 Å². The first-order valence-corrected chi connectivity index (χ1v) is 13.8. The third kappa shape index (κ3) is 4.05. The molecule has 0 spiro atoms. The Kier molecular flexibility index (Phi) is 6.13. The monoisotopic (exact) mass is 489 g/mol. The van der Waals surface area contributed by atoms with Crippen LogP contribution < -0.4 is 14.2 Å². The van der Waals surface area contributed by atoms with Gasteiger partial charge in [-0.15, -0.1) is 0 Å². The van der Waals surface area contributed by atoms with Crippen molar-refractivity contribution in [2.24, 2.45) is 23.2 Å². The number of hydrogen-bond donors (Lipinski definition) is 0. The minimum atomic E-state index is -0.163. The zero-order valence-corrected chi connectivity index (χ0v) is 21.9. The summed E-state index contributed by atoms with van der Waals surface area (Å²) in [4.78, 5) is 16.6. The summed E-state index contributed by atoms with van der Waals surface area (Å²) in [6, 6.07) is 12.3. The van der Waals surface area contributed by atoms with Gasteiger partial charge in [0.25, 0.3) is 0 Å². The highest BCUT2D eigenvalue weighted by Gasteiger charge is 2.56. The van der Waals surface area contributed by atoms with Crippen LogP contribution in [-0.2, 0) is 17.6 Å². The smallest absolute Gasteiger partial charge is 0.229 e. The first kappa shape index (κ1) is 23.7. The molecule has 5 nitrogen and oxygen atoms in total. The second-order valence-corrected chi connectivity index (χ2v) is 11.7. The van der Waals surface area contributed by atoms with Crippen molar-refractivity contribution in [1.29, 1.82) is 0 Å². The lowest BCUT2D eigenvalue weighted by Gasteiger charge is -2.57. The molecule has 4 fully saturated rings. The Morgan fingerprint density at radius 2 is 1.56 bits per heavy atom. The normalized spacial score (nSPS) is 30.1. The SMILES string of the molecule is CCc1ccc(OCC2c3cc(OC)c(OC)cc3CCN2C(=O)C23CC4CC(CC(C4)C2)C3)cc1. The van der Waals surface area contributed by atoms with Crippen LogP contribution in [-0.4, -0.2) is 38.2 Å². The second-order valence-electron chi connectivity index (χ2n) is 11.7. The van der Waals surface area contributed by atoms with Gasteiger partial charge in [0, 0.05) is 6.54 Å². The van der Waals surface area contributed by atoms with E-state index in [0.29, 0.717) is 18.3 Å². The van der Waals surface area contributed by atoms with Crippen LogP contribution >= 0.6 is 0 Å². The molecule has 1 heterocycles. The minimum absolute atomic E-state index is 0.139. The number of methoxy groups -OCH3 is 2. The van der Waals surface area contributed by atoms with E-state index in [4.69, 9.17) is 14.2 Å². The van der Waals surface area contributed by atoms with Crippen LogP contribution in [0.25, 0.3) is 0 Å². The minimum Gasteiger partial charge on any atom is -0.493 e. The zero-order valence-electron chi connectivity index (χ0n) is 21.9. The van der Waals surface area contributed by atoms with Crippen molar-refractivity contribution < 1.29 is 19.0 Å². The van der Waals surface area contributed by atoms with E-state index < -0.39 is 0 Å². The number of nitrogens with zero attached hydrogens (tertiary/aromatic N) is 1. The van der Waals surface area contributed by atoms with E-state index in [0.717, 1.165) is 73.5 Å². The van der Waals surface area contributed by atoms with Crippen molar-refractivity contribution in [1.82, 2.24) is 4.90 Å². The maximum Gasteiger partial charge on any atom is 0.229 e. The van der Waals surface area contributed by atoms with Gasteiger partial charge in [-0.3, -0.25) is 4.79 Å². The molecule has 4 saturated carbocycles. The van der Waals surface area contributed by atoms with Gasteiger partial charge < -0.3 is 19.1 Å². The average Bonchev–Trinajstić information content (AvgIpc) is 2.90. The van der Waals surface area contributed by atoms with Crippen molar-refractivity contribution in [3.63, 3.8) is 0 Å². The van der Waals surface area contributed by atoms with Gasteiger partial charge >= 0.3 is 0 Å². The predicted octanol–water partition coefficient (Wildman–Crippen LogP) is 5.99. The molecule has 4 bridgehead atoms. The molecule has 2 aromatic rings. The Balaban J connectivity index is 1.33. The Morgan fingerprint density at radius 3 is 2.14 bits per heavy atom.